The Labute approximate surface area is 118 Å². The summed E-state index contributed by atoms with van der Waals surface area (Å²) in [4.78, 5) is 12.3. The van der Waals surface area contributed by atoms with Gasteiger partial charge >= 0.3 is 0 Å². The molecule has 0 aliphatic carbocycles. The SMILES string of the molecule is CC(CC(=O)c1cccc(C(C)C)c1)CC(C)(C)C. The first-order valence-electron chi connectivity index (χ1n) is 7.32. The summed E-state index contributed by atoms with van der Waals surface area (Å²) >= 11 is 0. The minimum Gasteiger partial charge on any atom is -0.294 e. The molecule has 0 spiro atoms. The third-order valence-electron chi connectivity index (χ3n) is 3.37. The van der Waals surface area contributed by atoms with Crippen LogP contribution in [-0.4, -0.2) is 5.78 Å². The van der Waals surface area contributed by atoms with Crippen LogP contribution in [-0.2, 0) is 0 Å². The summed E-state index contributed by atoms with van der Waals surface area (Å²) in [5.74, 6) is 1.19. The first-order chi connectivity index (χ1) is 8.69. The standard InChI is InChI=1S/C18H28O/c1-13(2)15-8-7-9-16(11-15)17(19)10-14(3)12-18(4,5)6/h7-9,11,13-14H,10,12H2,1-6H3. The molecule has 1 heteroatoms. The van der Waals surface area contributed by atoms with Gasteiger partial charge in [0, 0.05) is 12.0 Å². The second-order valence-electron chi connectivity index (χ2n) is 7.28. The quantitative estimate of drug-likeness (QED) is 0.643. The van der Waals surface area contributed by atoms with E-state index in [0.29, 0.717) is 23.7 Å². The molecule has 0 aromatic heterocycles. The van der Waals surface area contributed by atoms with Gasteiger partial charge in [-0.15, -0.1) is 0 Å². The molecule has 1 unspecified atom stereocenters. The Balaban J connectivity index is 2.70. The molecule has 0 aliphatic rings. The lowest BCUT2D eigenvalue weighted by atomic mass is 9.83. The van der Waals surface area contributed by atoms with E-state index in [0.717, 1.165) is 12.0 Å². The van der Waals surface area contributed by atoms with Crippen LogP contribution < -0.4 is 0 Å². The Bertz CT molecular complexity index is 424. The Morgan fingerprint density at radius 1 is 1.16 bits per heavy atom. The summed E-state index contributed by atoms with van der Waals surface area (Å²) in [5.41, 5.74) is 2.40. The monoisotopic (exact) mass is 260 g/mol. The average molecular weight is 260 g/mol. The van der Waals surface area contributed by atoms with Crippen LogP contribution in [0.25, 0.3) is 0 Å². The molecule has 0 aliphatic heterocycles. The van der Waals surface area contributed by atoms with Crippen molar-refractivity contribution < 1.29 is 4.79 Å². The summed E-state index contributed by atoms with van der Waals surface area (Å²) < 4.78 is 0. The van der Waals surface area contributed by atoms with Crippen molar-refractivity contribution in [3.8, 4) is 0 Å². The zero-order valence-corrected chi connectivity index (χ0v) is 13.3. The predicted molar refractivity (Wildman–Crippen MR) is 82.7 cm³/mol. The number of rotatable bonds is 5. The van der Waals surface area contributed by atoms with Gasteiger partial charge in [-0.05, 0) is 35.3 Å². The van der Waals surface area contributed by atoms with Crippen LogP contribution in [0.15, 0.2) is 24.3 Å². The van der Waals surface area contributed by atoms with Gasteiger partial charge in [-0.3, -0.25) is 4.79 Å². The molecule has 0 saturated carbocycles. The number of carbonyl (C=O) groups excluding carboxylic acids is 1. The largest absolute Gasteiger partial charge is 0.294 e. The number of hydrogen-bond acceptors (Lipinski definition) is 1. The molecular weight excluding hydrogens is 232 g/mol. The Hall–Kier alpha value is -1.11. The third-order valence-corrected chi connectivity index (χ3v) is 3.37. The van der Waals surface area contributed by atoms with Gasteiger partial charge < -0.3 is 0 Å². The summed E-state index contributed by atoms with van der Waals surface area (Å²) in [5, 5.41) is 0. The molecule has 0 amide bonds. The van der Waals surface area contributed by atoms with Crippen LogP contribution in [0, 0.1) is 11.3 Å². The molecule has 0 radical (unpaired) electrons. The first-order valence-corrected chi connectivity index (χ1v) is 7.32. The normalized spacial score (nSPS) is 13.6. The highest BCUT2D eigenvalue weighted by molar-refractivity contribution is 5.96. The van der Waals surface area contributed by atoms with Gasteiger partial charge in [0.15, 0.2) is 5.78 Å². The maximum absolute atomic E-state index is 12.3. The molecule has 0 fully saturated rings. The fourth-order valence-corrected chi connectivity index (χ4v) is 2.62. The molecule has 1 aromatic rings. The fraction of sp³-hybridized carbons (Fsp3) is 0.611. The van der Waals surface area contributed by atoms with E-state index in [9.17, 15) is 4.79 Å². The molecule has 1 nitrogen and oxygen atoms in total. The molecule has 1 rings (SSSR count). The Kier molecular flexibility index (Phi) is 5.34. The van der Waals surface area contributed by atoms with E-state index < -0.39 is 0 Å². The maximum Gasteiger partial charge on any atom is 0.163 e. The number of benzene rings is 1. The number of carbonyl (C=O) groups is 1. The van der Waals surface area contributed by atoms with Crippen molar-refractivity contribution in [3.63, 3.8) is 0 Å². The Morgan fingerprint density at radius 3 is 2.32 bits per heavy atom. The fourth-order valence-electron chi connectivity index (χ4n) is 2.62. The minimum atomic E-state index is 0.277. The maximum atomic E-state index is 12.3. The number of Topliss-reactive ketones (excluding diaryl/α,β-unsaturated/α-hetero) is 1. The smallest absolute Gasteiger partial charge is 0.163 e. The summed E-state index contributed by atoms with van der Waals surface area (Å²) in [7, 11) is 0. The van der Waals surface area contributed by atoms with E-state index in [-0.39, 0.29) is 5.78 Å². The van der Waals surface area contributed by atoms with Crippen LogP contribution in [0.3, 0.4) is 0 Å². The van der Waals surface area contributed by atoms with Crippen molar-refractivity contribution in [2.45, 2.75) is 60.3 Å². The van der Waals surface area contributed by atoms with Gasteiger partial charge in [0.1, 0.15) is 0 Å². The van der Waals surface area contributed by atoms with Crippen LogP contribution in [0.2, 0.25) is 0 Å². The van der Waals surface area contributed by atoms with Crippen molar-refractivity contribution in [1.82, 2.24) is 0 Å². The second kappa shape index (κ2) is 6.36. The van der Waals surface area contributed by atoms with E-state index in [4.69, 9.17) is 0 Å². The van der Waals surface area contributed by atoms with Crippen molar-refractivity contribution in [2.24, 2.45) is 11.3 Å². The van der Waals surface area contributed by atoms with Crippen molar-refractivity contribution in [3.05, 3.63) is 35.4 Å². The minimum absolute atomic E-state index is 0.277. The predicted octanol–water partition coefficient (Wildman–Crippen LogP) is 5.46. The topological polar surface area (TPSA) is 17.1 Å². The highest BCUT2D eigenvalue weighted by Gasteiger charge is 2.18. The number of hydrogen-bond donors (Lipinski definition) is 0. The molecule has 0 bridgehead atoms. The molecule has 1 atom stereocenters. The van der Waals surface area contributed by atoms with E-state index >= 15 is 0 Å². The van der Waals surface area contributed by atoms with Crippen LogP contribution in [0.1, 0.15) is 76.2 Å². The molecule has 0 saturated heterocycles. The molecule has 1 aromatic carbocycles. The summed E-state index contributed by atoms with van der Waals surface area (Å²) in [6, 6.07) is 8.09. The summed E-state index contributed by atoms with van der Waals surface area (Å²) in [6.45, 7) is 13.2. The molecule has 106 valence electrons. The van der Waals surface area contributed by atoms with Crippen LogP contribution >= 0.6 is 0 Å². The molecule has 0 N–H and O–H groups in total. The summed E-state index contributed by atoms with van der Waals surface area (Å²) in [6.07, 6.45) is 1.74. The van der Waals surface area contributed by atoms with E-state index in [1.165, 1.54) is 5.56 Å². The Morgan fingerprint density at radius 2 is 1.79 bits per heavy atom. The van der Waals surface area contributed by atoms with Gasteiger partial charge in [0.25, 0.3) is 0 Å². The van der Waals surface area contributed by atoms with E-state index in [2.05, 4.69) is 53.7 Å². The van der Waals surface area contributed by atoms with Crippen LogP contribution in [0.4, 0.5) is 0 Å². The molecule has 19 heavy (non-hydrogen) atoms. The van der Waals surface area contributed by atoms with Gasteiger partial charge in [-0.1, -0.05) is 59.7 Å². The van der Waals surface area contributed by atoms with Crippen molar-refractivity contribution in [1.29, 1.82) is 0 Å². The first kappa shape index (κ1) is 15.9. The third kappa shape index (κ3) is 5.59. The van der Waals surface area contributed by atoms with Gasteiger partial charge in [0.2, 0.25) is 0 Å². The second-order valence-corrected chi connectivity index (χ2v) is 7.28. The van der Waals surface area contributed by atoms with E-state index in [1.807, 2.05) is 12.1 Å². The van der Waals surface area contributed by atoms with Crippen LogP contribution in [0.5, 0.6) is 0 Å². The van der Waals surface area contributed by atoms with Gasteiger partial charge in [0.05, 0.1) is 0 Å². The zero-order valence-electron chi connectivity index (χ0n) is 13.3. The lowest BCUT2D eigenvalue weighted by Crippen LogP contribution is -2.14. The lowest BCUT2D eigenvalue weighted by molar-refractivity contribution is 0.0954. The van der Waals surface area contributed by atoms with Gasteiger partial charge in [-0.25, -0.2) is 0 Å². The molecule has 0 heterocycles. The highest BCUT2D eigenvalue weighted by atomic mass is 16.1. The average Bonchev–Trinajstić information content (AvgIpc) is 2.26. The van der Waals surface area contributed by atoms with E-state index in [1.54, 1.807) is 0 Å². The zero-order chi connectivity index (χ0) is 14.6. The highest BCUT2D eigenvalue weighted by Crippen LogP contribution is 2.27. The van der Waals surface area contributed by atoms with Crippen molar-refractivity contribution in [2.75, 3.05) is 0 Å². The number of ketones is 1. The van der Waals surface area contributed by atoms with Gasteiger partial charge in [-0.2, -0.15) is 0 Å². The lowest BCUT2D eigenvalue weighted by Gasteiger charge is -2.22. The molecular formula is C18H28O. The van der Waals surface area contributed by atoms with Crippen molar-refractivity contribution >= 4 is 5.78 Å².